The molecule has 3 aromatic rings. The van der Waals surface area contributed by atoms with Gasteiger partial charge < -0.3 is 20.3 Å². The average molecular weight is 550 g/mol. The molecular formula is C29H32ClN5O4. The van der Waals surface area contributed by atoms with Crippen molar-refractivity contribution >= 4 is 40.9 Å². The lowest BCUT2D eigenvalue weighted by Gasteiger charge is -2.22. The summed E-state index contributed by atoms with van der Waals surface area (Å²) >= 11 is 6.41. The largest absolute Gasteiger partial charge is 0.419 e. The van der Waals surface area contributed by atoms with Gasteiger partial charge in [0.15, 0.2) is 11.0 Å². The van der Waals surface area contributed by atoms with Crippen LogP contribution >= 0.6 is 11.6 Å². The number of ether oxygens (including phenoxy) is 1. The van der Waals surface area contributed by atoms with Crippen LogP contribution in [-0.2, 0) is 16.0 Å². The predicted molar refractivity (Wildman–Crippen MR) is 150 cm³/mol. The highest BCUT2D eigenvalue weighted by Gasteiger charge is 2.23. The van der Waals surface area contributed by atoms with Gasteiger partial charge in [-0.2, -0.15) is 0 Å². The zero-order chi connectivity index (χ0) is 27.9. The minimum Gasteiger partial charge on any atom is -0.419 e. The second-order valence-electron chi connectivity index (χ2n) is 9.78. The molecule has 1 saturated carbocycles. The van der Waals surface area contributed by atoms with Gasteiger partial charge in [0.1, 0.15) is 5.82 Å². The smallest absolute Gasteiger partial charge is 0.308 e. The van der Waals surface area contributed by atoms with Gasteiger partial charge in [0.25, 0.3) is 5.91 Å². The fourth-order valence-electron chi connectivity index (χ4n) is 4.45. The maximum Gasteiger partial charge on any atom is 0.308 e. The first-order valence-corrected chi connectivity index (χ1v) is 13.3. The maximum absolute atomic E-state index is 12.6. The molecule has 0 atom stereocenters. The van der Waals surface area contributed by atoms with Gasteiger partial charge in [-0.15, -0.1) is 0 Å². The molecule has 1 heterocycles. The van der Waals surface area contributed by atoms with Crippen LogP contribution in [0.5, 0.6) is 5.75 Å². The van der Waals surface area contributed by atoms with E-state index in [0.717, 1.165) is 36.8 Å². The normalized spacial score (nSPS) is 13.1. The average Bonchev–Trinajstić information content (AvgIpc) is 3.39. The topological polar surface area (TPSA) is 114 Å². The summed E-state index contributed by atoms with van der Waals surface area (Å²) in [5, 5.41) is 5.91. The zero-order valence-electron chi connectivity index (χ0n) is 22.3. The Labute approximate surface area is 232 Å². The van der Waals surface area contributed by atoms with E-state index >= 15 is 0 Å². The van der Waals surface area contributed by atoms with Gasteiger partial charge in [-0.3, -0.25) is 14.4 Å². The highest BCUT2D eigenvalue weighted by atomic mass is 35.5. The van der Waals surface area contributed by atoms with Crippen LogP contribution in [0.3, 0.4) is 0 Å². The van der Waals surface area contributed by atoms with Crippen molar-refractivity contribution < 1.29 is 19.1 Å². The SMILES string of the molecule is CC(=O)Oc1c(Cl)nc(Cc2ccc(NC(=O)c3ccc(C)cc3)cc2)nc1N(C)CC(=O)NC1CCCC1. The van der Waals surface area contributed by atoms with Crippen LogP contribution in [0.15, 0.2) is 48.5 Å². The number of halogens is 1. The predicted octanol–water partition coefficient (Wildman–Crippen LogP) is 4.70. The molecule has 2 aromatic carbocycles. The zero-order valence-corrected chi connectivity index (χ0v) is 23.0. The van der Waals surface area contributed by atoms with E-state index in [4.69, 9.17) is 16.3 Å². The molecule has 0 spiro atoms. The Balaban J connectivity index is 1.47. The number of nitrogens with one attached hydrogen (secondary N) is 2. The van der Waals surface area contributed by atoms with Crippen molar-refractivity contribution in [3.05, 3.63) is 76.2 Å². The van der Waals surface area contributed by atoms with E-state index in [0.29, 0.717) is 23.5 Å². The first-order chi connectivity index (χ1) is 18.7. The number of carbonyl (C=O) groups excluding carboxylic acids is 3. The number of likely N-dealkylation sites (N-methyl/N-ethyl adjacent to an activating group) is 1. The number of esters is 1. The quantitative estimate of drug-likeness (QED) is 0.294. The summed E-state index contributed by atoms with van der Waals surface area (Å²) in [6, 6.07) is 14.9. The van der Waals surface area contributed by atoms with E-state index < -0.39 is 5.97 Å². The highest BCUT2D eigenvalue weighted by molar-refractivity contribution is 6.31. The number of anilines is 2. The second kappa shape index (κ2) is 12.7. The van der Waals surface area contributed by atoms with E-state index in [1.165, 1.54) is 6.92 Å². The molecule has 2 N–H and O–H groups in total. The molecule has 1 aromatic heterocycles. The van der Waals surface area contributed by atoms with Crippen molar-refractivity contribution in [1.29, 1.82) is 0 Å². The number of benzene rings is 2. The molecule has 0 radical (unpaired) electrons. The standard InChI is InChI=1S/C29H32ClN5O4/c1-18-8-12-21(13-9-18)29(38)32-23-14-10-20(11-15-23)16-24-33-27(30)26(39-19(2)36)28(34-24)35(3)17-25(37)31-22-6-4-5-7-22/h8-15,22H,4-7,16-17H2,1-3H3,(H,31,37)(H,32,38). The lowest BCUT2D eigenvalue weighted by molar-refractivity contribution is -0.131. The Bertz CT molecular complexity index is 1340. The van der Waals surface area contributed by atoms with Gasteiger partial charge >= 0.3 is 5.97 Å². The summed E-state index contributed by atoms with van der Waals surface area (Å²) in [6.07, 6.45) is 4.52. The fraction of sp³-hybridized carbons (Fsp3) is 0.345. The molecule has 204 valence electrons. The van der Waals surface area contributed by atoms with Gasteiger partial charge in [0, 0.05) is 37.7 Å². The molecular weight excluding hydrogens is 518 g/mol. The molecule has 0 saturated heterocycles. The summed E-state index contributed by atoms with van der Waals surface area (Å²) in [6.45, 7) is 3.25. The third-order valence-electron chi connectivity index (χ3n) is 6.45. The van der Waals surface area contributed by atoms with Crippen molar-refractivity contribution in [1.82, 2.24) is 15.3 Å². The number of amides is 2. The third-order valence-corrected chi connectivity index (χ3v) is 6.71. The molecule has 0 unspecified atom stereocenters. The Kier molecular flexibility index (Phi) is 9.14. The maximum atomic E-state index is 12.6. The van der Waals surface area contributed by atoms with Gasteiger partial charge in [-0.25, -0.2) is 9.97 Å². The van der Waals surface area contributed by atoms with E-state index in [1.807, 2.05) is 31.2 Å². The van der Waals surface area contributed by atoms with Gasteiger partial charge in [0.2, 0.25) is 11.7 Å². The number of nitrogens with zero attached hydrogens (tertiary/aromatic N) is 3. The van der Waals surface area contributed by atoms with E-state index in [-0.39, 0.29) is 41.1 Å². The molecule has 0 aliphatic heterocycles. The molecule has 1 aliphatic rings. The summed E-state index contributed by atoms with van der Waals surface area (Å²) in [5.74, 6) is -0.240. The Morgan fingerprint density at radius 2 is 1.69 bits per heavy atom. The third kappa shape index (κ3) is 7.77. The first kappa shape index (κ1) is 28.0. The van der Waals surface area contributed by atoms with Gasteiger partial charge in [-0.1, -0.05) is 54.3 Å². The van der Waals surface area contributed by atoms with Crippen molar-refractivity contribution in [3.8, 4) is 5.75 Å². The van der Waals surface area contributed by atoms with E-state index in [9.17, 15) is 14.4 Å². The Hall–Kier alpha value is -3.98. The van der Waals surface area contributed by atoms with Gasteiger partial charge in [-0.05, 0) is 49.6 Å². The molecule has 0 bridgehead atoms. The molecule has 1 aliphatic carbocycles. The molecule has 4 rings (SSSR count). The monoisotopic (exact) mass is 549 g/mol. The Morgan fingerprint density at radius 3 is 2.33 bits per heavy atom. The molecule has 39 heavy (non-hydrogen) atoms. The van der Waals surface area contributed by atoms with Crippen LogP contribution in [0, 0.1) is 6.92 Å². The highest BCUT2D eigenvalue weighted by Crippen LogP contribution is 2.33. The van der Waals surface area contributed by atoms with Crippen LogP contribution < -0.4 is 20.3 Å². The lowest BCUT2D eigenvalue weighted by Crippen LogP contribution is -2.40. The van der Waals surface area contributed by atoms with Crippen LogP contribution in [0.4, 0.5) is 11.5 Å². The van der Waals surface area contributed by atoms with E-state index in [2.05, 4.69) is 20.6 Å². The number of rotatable bonds is 9. The van der Waals surface area contributed by atoms with Gasteiger partial charge in [0.05, 0.1) is 6.54 Å². The lowest BCUT2D eigenvalue weighted by atomic mass is 10.1. The van der Waals surface area contributed by atoms with Crippen LogP contribution in [-0.4, -0.2) is 47.4 Å². The Morgan fingerprint density at radius 1 is 1.03 bits per heavy atom. The molecule has 9 nitrogen and oxygen atoms in total. The number of hydrogen-bond donors (Lipinski definition) is 2. The second-order valence-corrected chi connectivity index (χ2v) is 10.1. The molecule has 1 fully saturated rings. The van der Waals surface area contributed by atoms with Crippen LogP contribution in [0.1, 0.15) is 59.9 Å². The summed E-state index contributed by atoms with van der Waals surface area (Å²) in [5.41, 5.74) is 3.20. The number of aryl methyl sites for hydroxylation is 1. The first-order valence-electron chi connectivity index (χ1n) is 12.9. The minimum atomic E-state index is -0.568. The van der Waals surface area contributed by atoms with Crippen molar-refractivity contribution in [2.45, 2.75) is 52.0 Å². The summed E-state index contributed by atoms with van der Waals surface area (Å²) in [7, 11) is 1.69. The number of aromatic nitrogens is 2. The summed E-state index contributed by atoms with van der Waals surface area (Å²) < 4.78 is 5.30. The van der Waals surface area contributed by atoms with Crippen molar-refractivity contribution in [2.75, 3.05) is 23.8 Å². The van der Waals surface area contributed by atoms with Crippen molar-refractivity contribution in [3.63, 3.8) is 0 Å². The van der Waals surface area contributed by atoms with Crippen LogP contribution in [0.25, 0.3) is 0 Å². The molecule has 2 amide bonds. The van der Waals surface area contributed by atoms with E-state index in [1.54, 1.807) is 36.2 Å². The van der Waals surface area contributed by atoms with Crippen LogP contribution in [0.2, 0.25) is 5.15 Å². The molecule has 10 heteroatoms. The van der Waals surface area contributed by atoms with Crippen molar-refractivity contribution in [2.24, 2.45) is 0 Å². The fourth-order valence-corrected chi connectivity index (χ4v) is 4.67. The minimum absolute atomic E-state index is 0.0123. The number of hydrogen-bond acceptors (Lipinski definition) is 7. The summed E-state index contributed by atoms with van der Waals surface area (Å²) in [4.78, 5) is 47.4. The number of carbonyl (C=O) groups is 3.